The second-order valence-corrected chi connectivity index (χ2v) is 11.5. The van der Waals surface area contributed by atoms with E-state index in [0.717, 1.165) is 24.8 Å². The molecule has 2 aliphatic heterocycles. The molecule has 2 amide bonds. The minimum Gasteiger partial charge on any atom is -0.486 e. The fourth-order valence-corrected chi connectivity index (χ4v) is 6.41. The van der Waals surface area contributed by atoms with Crippen LogP contribution in [-0.4, -0.2) is 45.9 Å². The number of aromatic nitrogens is 1. The first-order valence-corrected chi connectivity index (χ1v) is 13.0. The van der Waals surface area contributed by atoms with Gasteiger partial charge in [-0.05, 0) is 61.9 Å². The van der Waals surface area contributed by atoms with Crippen LogP contribution in [0.4, 0.5) is 9.52 Å². The van der Waals surface area contributed by atoms with Crippen molar-refractivity contribution >= 4 is 28.3 Å². The van der Waals surface area contributed by atoms with Crippen LogP contribution in [0.1, 0.15) is 53.1 Å². The van der Waals surface area contributed by atoms with Crippen molar-refractivity contribution in [1.29, 1.82) is 0 Å². The number of carbonyl (C=O) groups is 2. The van der Waals surface area contributed by atoms with Crippen molar-refractivity contribution < 1.29 is 18.7 Å². The summed E-state index contributed by atoms with van der Waals surface area (Å²) in [7, 11) is 0. The van der Waals surface area contributed by atoms with Crippen LogP contribution in [0.2, 0.25) is 0 Å². The van der Waals surface area contributed by atoms with Gasteiger partial charge in [0.05, 0.1) is 16.5 Å². The van der Waals surface area contributed by atoms with Crippen molar-refractivity contribution in [2.24, 2.45) is 5.92 Å². The van der Waals surface area contributed by atoms with Gasteiger partial charge in [-0.1, -0.05) is 35.6 Å². The molecule has 9 heteroatoms. The third-order valence-electron chi connectivity index (χ3n) is 7.21. The maximum atomic E-state index is 13.9. The highest BCUT2D eigenvalue weighted by Gasteiger charge is 2.54. The van der Waals surface area contributed by atoms with Crippen molar-refractivity contribution in [3.05, 3.63) is 65.1 Å². The lowest BCUT2D eigenvalue weighted by Gasteiger charge is -2.28. The number of nitrogens with one attached hydrogen (secondary N) is 1. The van der Waals surface area contributed by atoms with E-state index in [1.54, 1.807) is 18.2 Å². The first-order chi connectivity index (χ1) is 17.2. The average Bonchev–Trinajstić information content (AvgIpc) is 3.16. The quantitative estimate of drug-likeness (QED) is 0.539. The number of carbonyl (C=O) groups excluding carboxylic acids is 2. The second kappa shape index (κ2) is 8.30. The number of piperidine rings is 1. The molecule has 0 bridgehead atoms. The number of para-hydroxylation sites is 1. The molecular weight excluding hydrogens is 479 g/mol. The topological polar surface area (TPSA) is 97.6 Å². The van der Waals surface area contributed by atoms with Crippen molar-refractivity contribution in [3.63, 3.8) is 0 Å². The Kier molecular flexibility index (Phi) is 5.29. The Labute approximate surface area is 212 Å². The van der Waals surface area contributed by atoms with E-state index in [0.29, 0.717) is 34.2 Å². The fourth-order valence-electron chi connectivity index (χ4n) is 5.59. The van der Waals surface area contributed by atoms with Crippen LogP contribution in [-0.2, 0) is 6.42 Å². The standard InChI is InChI=1S/C27H27FN4O3S/c1-27(2)12-15-6-4-8-19(22(15)35-27)24(33)30-13-18-10-16-11-20(16)32(18)25(34)21-23(36-26(29)31-21)14-5-3-7-17(28)9-14/h3-9,16,18,20H,10-13H2,1-2H3,(H2,29,31)(H,30,33)/t16-,18+,20+/m1/s1. The number of hydrogen-bond donors (Lipinski definition) is 2. The monoisotopic (exact) mass is 506 g/mol. The van der Waals surface area contributed by atoms with Crippen LogP contribution in [0.3, 0.4) is 0 Å². The number of benzene rings is 2. The van der Waals surface area contributed by atoms with Crippen LogP contribution in [0.5, 0.6) is 5.75 Å². The molecule has 1 aromatic heterocycles. The predicted octanol–water partition coefficient (Wildman–Crippen LogP) is 4.28. The number of ether oxygens (including phenoxy) is 1. The van der Waals surface area contributed by atoms with E-state index in [4.69, 9.17) is 10.5 Å². The number of rotatable bonds is 5. The number of likely N-dealkylation sites (tertiary alicyclic amines) is 1. The molecule has 3 N–H and O–H groups in total. The molecule has 2 aromatic carbocycles. The zero-order valence-corrected chi connectivity index (χ0v) is 20.9. The summed E-state index contributed by atoms with van der Waals surface area (Å²) in [6.07, 6.45) is 2.52. The number of hydrogen-bond acceptors (Lipinski definition) is 6. The summed E-state index contributed by atoms with van der Waals surface area (Å²) in [5.74, 6) is 0.240. The number of amides is 2. The maximum Gasteiger partial charge on any atom is 0.274 e. The highest BCUT2D eigenvalue weighted by molar-refractivity contribution is 7.19. The molecule has 1 saturated carbocycles. The lowest BCUT2D eigenvalue weighted by Crippen LogP contribution is -2.45. The summed E-state index contributed by atoms with van der Waals surface area (Å²) in [6, 6.07) is 11.7. The molecule has 7 nitrogen and oxygen atoms in total. The SMILES string of the molecule is CC1(C)Cc2cccc(C(=O)NC[C@@H]3C[C@@H]4C[C@@H]4N3C(=O)c3nc(N)sc3-c3cccc(F)c3)c2O1. The van der Waals surface area contributed by atoms with Gasteiger partial charge in [-0.15, -0.1) is 0 Å². The molecule has 3 atom stereocenters. The predicted molar refractivity (Wildman–Crippen MR) is 136 cm³/mol. The van der Waals surface area contributed by atoms with Crippen molar-refractivity contribution in [3.8, 4) is 16.2 Å². The smallest absolute Gasteiger partial charge is 0.274 e. The Bertz CT molecular complexity index is 1390. The molecule has 0 spiro atoms. The normalized spacial score (nSPS) is 23.1. The number of halogens is 1. The average molecular weight is 507 g/mol. The Hall–Kier alpha value is -3.46. The summed E-state index contributed by atoms with van der Waals surface area (Å²) >= 11 is 1.17. The van der Waals surface area contributed by atoms with Crippen LogP contribution < -0.4 is 15.8 Å². The van der Waals surface area contributed by atoms with Gasteiger partial charge in [0.1, 0.15) is 22.9 Å². The van der Waals surface area contributed by atoms with Crippen LogP contribution in [0, 0.1) is 11.7 Å². The third kappa shape index (κ3) is 4.01. The van der Waals surface area contributed by atoms with Gasteiger partial charge in [-0.3, -0.25) is 9.59 Å². The van der Waals surface area contributed by atoms with E-state index >= 15 is 0 Å². The molecule has 3 aromatic rings. The minimum atomic E-state index is -0.387. The van der Waals surface area contributed by atoms with Crippen LogP contribution in [0.15, 0.2) is 42.5 Å². The Morgan fingerprint density at radius 2 is 2.06 bits per heavy atom. The highest BCUT2D eigenvalue weighted by atomic mass is 32.1. The second-order valence-electron chi connectivity index (χ2n) is 10.4. The van der Waals surface area contributed by atoms with E-state index in [-0.39, 0.29) is 46.1 Å². The first-order valence-electron chi connectivity index (χ1n) is 12.1. The lowest BCUT2D eigenvalue weighted by atomic mass is 10.0. The molecule has 0 radical (unpaired) electrons. The maximum absolute atomic E-state index is 13.9. The molecule has 36 heavy (non-hydrogen) atoms. The molecule has 1 aliphatic carbocycles. The Morgan fingerprint density at radius 3 is 2.86 bits per heavy atom. The zero-order valence-electron chi connectivity index (χ0n) is 20.1. The van der Waals surface area contributed by atoms with Crippen molar-refractivity contribution in [2.45, 2.75) is 50.8 Å². The van der Waals surface area contributed by atoms with Crippen LogP contribution >= 0.6 is 11.3 Å². The number of nitrogens with zero attached hydrogens (tertiary/aromatic N) is 2. The zero-order chi connectivity index (χ0) is 25.2. The van der Waals surface area contributed by atoms with Gasteiger partial charge in [-0.2, -0.15) is 0 Å². The van der Waals surface area contributed by atoms with Gasteiger partial charge < -0.3 is 20.7 Å². The first kappa shape index (κ1) is 23.0. The molecule has 6 rings (SSSR count). The number of nitrogen functional groups attached to an aromatic ring is 1. The van der Waals surface area contributed by atoms with Crippen molar-refractivity contribution in [2.75, 3.05) is 12.3 Å². The fraction of sp³-hybridized carbons (Fsp3) is 0.370. The minimum absolute atomic E-state index is 0.132. The highest BCUT2D eigenvalue weighted by Crippen LogP contribution is 2.49. The molecular formula is C27H27FN4O3S. The number of fused-ring (bicyclic) bond motifs is 2. The number of anilines is 1. The van der Waals surface area contributed by atoms with Crippen molar-refractivity contribution in [1.82, 2.24) is 15.2 Å². The summed E-state index contributed by atoms with van der Waals surface area (Å²) < 4.78 is 19.9. The van der Waals surface area contributed by atoms with E-state index in [1.807, 2.05) is 30.9 Å². The lowest BCUT2D eigenvalue weighted by molar-refractivity contribution is 0.0683. The molecule has 1 saturated heterocycles. The summed E-state index contributed by atoms with van der Waals surface area (Å²) in [5.41, 5.74) is 7.98. The molecule has 2 fully saturated rings. The van der Waals surface area contributed by atoms with Gasteiger partial charge in [0.25, 0.3) is 11.8 Å². The van der Waals surface area contributed by atoms with Gasteiger partial charge in [0.2, 0.25) is 0 Å². The molecule has 0 unspecified atom stereocenters. The summed E-state index contributed by atoms with van der Waals surface area (Å²) in [4.78, 5) is 33.6. The van der Waals surface area contributed by atoms with Gasteiger partial charge in [-0.25, -0.2) is 9.37 Å². The Morgan fingerprint density at radius 1 is 1.25 bits per heavy atom. The largest absolute Gasteiger partial charge is 0.486 e. The van der Waals surface area contributed by atoms with E-state index in [1.165, 1.54) is 23.5 Å². The van der Waals surface area contributed by atoms with E-state index < -0.39 is 0 Å². The van der Waals surface area contributed by atoms with Crippen LogP contribution in [0.25, 0.3) is 10.4 Å². The van der Waals surface area contributed by atoms with Gasteiger partial charge in [0, 0.05) is 19.0 Å². The van der Waals surface area contributed by atoms with Gasteiger partial charge >= 0.3 is 0 Å². The number of thiazole rings is 1. The number of nitrogens with two attached hydrogens (primary N) is 1. The summed E-state index contributed by atoms with van der Waals surface area (Å²) in [5, 5.41) is 3.29. The molecule has 3 heterocycles. The summed E-state index contributed by atoms with van der Waals surface area (Å²) in [6.45, 7) is 4.35. The third-order valence-corrected chi connectivity index (χ3v) is 8.15. The molecule has 186 valence electrons. The van der Waals surface area contributed by atoms with E-state index in [2.05, 4.69) is 10.3 Å². The van der Waals surface area contributed by atoms with E-state index in [9.17, 15) is 14.0 Å². The molecule has 3 aliphatic rings. The Balaban J connectivity index is 1.21. The van der Waals surface area contributed by atoms with Gasteiger partial charge in [0.15, 0.2) is 5.13 Å².